The first kappa shape index (κ1) is 49.1. The molecule has 0 spiro atoms. The number of nitrogens with zero attached hydrogens (tertiary/aromatic N) is 3. The average Bonchev–Trinajstić information content (AvgIpc) is 3.77. The van der Waals surface area contributed by atoms with Crippen LogP contribution in [0.3, 0.4) is 0 Å². The van der Waals surface area contributed by atoms with Gasteiger partial charge in [0.15, 0.2) is 11.5 Å². The Morgan fingerprint density at radius 1 is 0.542 bits per heavy atom. The van der Waals surface area contributed by atoms with Gasteiger partial charge in [-0.05, 0) is 38.0 Å². The van der Waals surface area contributed by atoms with Crippen molar-refractivity contribution in [1.82, 2.24) is 19.8 Å². The second kappa shape index (κ2) is 30.8. The number of H-pyrrole nitrogens is 1. The van der Waals surface area contributed by atoms with Crippen LogP contribution in [0.25, 0.3) is 17.0 Å². The largest absolute Gasteiger partial charge is 0.466 e. The smallest absolute Gasteiger partial charge is 0.306 e. The number of benzene rings is 1. The van der Waals surface area contributed by atoms with Gasteiger partial charge in [0.2, 0.25) is 11.8 Å². The van der Waals surface area contributed by atoms with E-state index in [2.05, 4.69) is 39.7 Å². The molecule has 0 fully saturated rings. The number of amides is 2. The van der Waals surface area contributed by atoms with Crippen LogP contribution in [0.2, 0.25) is 0 Å². The summed E-state index contributed by atoms with van der Waals surface area (Å²) in [4.78, 5) is 55.2. The summed E-state index contributed by atoms with van der Waals surface area (Å²) in [6.07, 6.45) is 29.5. The molecule has 0 radical (unpaired) electrons. The molecule has 2 amide bonds. The van der Waals surface area contributed by atoms with Gasteiger partial charge in [-0.1, -0.05) is 155 Å². The molecular formula is C47H76N6O6. The Labute approximate surface area is 354 Å². The van der Waals surface area contributed by atoms with Crippen molar-refractivity contribution in [2.45, 2.75) is 201 Å². The maximum Gasteiger partial charge on any atom is 0.306 e. The zero-order chi connectivity index (χ0) is 42.3. The third-order valence-corrected chi connectivity index (χ3v) is 10.7. The number of carbonyl (C=O) groups excluding carboxylic acids is 4. The number of hydrogen-bond donors (Lipinski definition) is 3. The molecular weight excluding hydrogens is 745 g/mol. The molecule has 3 rings (SSSR count). The molecule has 59 heavy (non-hydrogen) atoms. The van der Waals surface area contributed by atoms with Gasteiger partial charge in [0.1, 0.15) is 0 Å². The predicted molar refractivity (Wildman–Crippen MR) is 237 cm³/mol. The van der Waals surface area contributed by atoms with Gasteiger partial charge in [0.05, 0.1) is 26.1 Å². The normalized spacial score (nSPS) is 11.2. The van der Waals surface area contributed by atoms with Crippen LogP contribution in [0.15, 0.2) is 24.3 Å². The van der Waals surface area contributed by atoms with E-state index in [0.717, 1.165) is 44.2 Å². The molecule has 2 aromatic heterocycles. The van der Waals surface area contributed by atoms with E-state index < -0.39 is 11.9 Å². The Morgan fingerprint density at radius 2 is 0.932 bits per heavy atom. The zero-order valence-electron chi connectivity index (χ0n) is 36.8. The summed E-state index contributed by atoms with van der Waals surface area (Å²) >= 11 is 0. The van der Waals surface area contributed by atoms with Crippen molar-refractivity contribution < 1.29 is 28.7 Å². The van der Waals surface area contributed by atoms with Gasteiger partial charge in [-0.2, -0.15) is 4.63 Å². The minimum absolute atomic E-state index is 0.0323. The summed E-state index contributed by atoms with van der Waals surface area (Å²) in [5.74, 6) is -1.13. The van der Waals surface area contributed by atoms with Crippen LogP contribution in [0, 0.1) is 6.92 Å². The first-order chi connectivity index (χ1) is 28.8. The molecule has 0 bridgehead atoms. The van der Waals surface area contributed by atoms with Gasteiger partial charge in [0.25, 0.3) is 0 Å². The summed E-state index contributed by atoms with van der Waals surface area (Å²) in [7, 11) is 0. The summed E-state index contributed by atoms with van der Waals surface area (Å²) in [5.41, 5.74) is 2.91. The van der Waals surface area contributed by atoms with Crippen LogP contribution in [0.1, 0.15) is 199 Å². The number of fused-ring (bicyclic) bond motifs is 1. The van der Waals surface area contributed by atoms with E-state index in [0.29, 0.717) is 41.6 Å². The summed E-state index contributed by atoms with van der Waals surface area (Å²) in [6, 6.07) is 6.92. The molecule has 0 saturated heterocycles. The zero-order valence-corrected chi connectivity index (χ0v) is 36.8. The summed E-state index contributed by atoms with van der Waals surface area (Å²) < 4.78 is 12.3. The second-order valence-electron chi connectivity index (χ2n) is 16.3. The summed E-state index contributed by atoms with van der Waals surface area (Å²) in [6.45, 7) is 7.13. The molecule has 12 heteroatoms. The van der Waals surface area contributed by atoms with Crippen molar-refractivity contribution >= 4 is 40.8 Å². The second-order valence-corrected chi connectivity index (χ2v) is 16.3. The van der Waals surface area contributed by atoms with Gasteiger partial charge in [0, 0.05) is 41.5 Å². The molecule has 3 N–H and O–H groups in total. The first-order valence-corrected chi connectivity index (χ1v) is 23.3. The molecule has 1 aromatic carbocycles. The molecule has 0 aliphatic heterocycles. The van der Waals surface area contributed by atoms with Crippen LogP contribution < -0.4 is 10.6 Å². The highest BCUT2D eigenvalue weighted by atomic mass is 16.5. The van der Waals surface area contributed by atoms with Crippen molar-refractivity contribution in [1.29, 1.82) is 0 Å². The lowest BCUT2D eigenvalue weighted by Crippen LogP contribution is -2.16. The number of unbranched alkanes of at least 4 members (excludes halogenated alkanes) is 22. The molecule has 12 nitrogen and oxygen atoms in total. The minimum Gasteiger partial charge on any atom is -0.466 e. The van der Waals surface area contributed by atoms with Gasteiger partial charge in [-0.25, -0.2) is 4.98 Å². The number of ether oxygens (including phenoxy) is 2. The molecule has 330 valence electrons. The Morgan fingerprint density at radius 3 is 1.32 bits per heavy atom. The predicted octanol–water partition coefficient (Wildman–Crippen LogP) is 12.0. The number of anilines is 2. The standard InChI is InChI=1S/C47H76N6O6/c1-4-6-8-10-12-14-16-18-20-22-24-26-32-58-45(56)30-28-43(54)48-40-35-39(47-50-42-34-38(3)51-53(42)52-47)36-41(37-40)49-44(55)29-31-46(57)59-33-27-25-23-21-19-17-15-13-11-9-7-5-2/h34-37,51H,4-33H2,1-3H3,(H,48,54)(H,49,55). The van der Waals surface area contributed by atoms with Gasteiger partial charge in [-0.3, -0.25) is 24.3 Å². The van der Waals surface area contributed by atoms with E-state index in [9.17, 15) is 19.2 Å². The van der Waals surface area contributed by atoms with E-state index in [4.69, 9.17) is 9.47 Å². The number of aromatic amines is 1. The minimum atomic E-state index is -0.398. The Bertz CT molecular complexity index is 1520. The number of aryl methyl sites for hydroxylation is 1. The summed E-state index contributed by atoms with van der Waals surface area (Å²) in [5, 5.41) is 13.3. The number of carbonyl (C=O) groups is 4. The van der Waals surface area contributed by atoms with Gasteiger partial charge in [-0.15, -0.1) is 5.10 Å². The van der Waals surface area contributed by atoms with E-state index in [1.165, 1.54) is 116 Å². The Balaban J connectivity index is 1.36. The highest BCUT2D eigenvalue weighted by molar-refractivity contribution is 5.97. The SMILES string of the molecule is CCCCCCCCCCCCCCOC(=O)CCC(=O)Nc1cc(NC(=O)CCC(=O)OCCCCCCCCCCCCCC)cc(-c2nc3cc(C)[nH]n3n2)c1. The highest BCUT2D eigenvalue weighted by Gasteiger charge is 2.15. The molecule has 2 heterocycles. The maximum atomic E-state index is 12.9. The van der Waals surface area contributed by atoms with Crippen molar-refractivity contribution in [3.05, 3.63) is 30.0 Å². The quantitative estimate of drug-likeness (QED) is 0.0391. The van der Waals surface area contributed by atoms with Crippen LogP contribution in [-0.4, -0.2) is 56.8 Å². The highest BCUT2D eigenvalue weighted by Crippen LogP contribution is 2.27. The third-order valence-electron chi connectivity index (χ3n) is 10.7. The molecule has 0 aliphatic rings. The van der Waals surface area contributed by atoms with E-state index in [1.54, 1.807) is 22.8 Å². The average molecular weight is 821 g/mol. The number of aromatic nitrogens is 4. The molecule has 0 aliphatic carbocycles. The lowest BCUT2D eigenvalue weighted by molar-refractivity contribution is -0.145. The lowest BCUT2D eigenvalue weighted by Gasteiger charge is -2.11. The monoisotopic (exact) mass is 821 g/mol. The lowest BCUT2D eigenvalue weighted by atomic mass is 10.1. The van der Waals surface area contributed by atoms with Crippen molar-refractivity contribution in [2.75, 3.05) is 23.8 Å². The number of nitrogens with one attached hydrogen (secondary N) is 3. The Hall–Kier alpha value is -4.22. The number of hydrogen-bond acceptors (Lipinski definition) is 8. The van der Waals surface area contributed by atoms with Crippen LogP contribution in [0.5, 0.6) is 0 Å². The molecule has 0 saturated carbocycles. The first-order valence-electron chi connectivity index (χ1n) is 23.3. The fraction of sp³-hybridized carbons (Fsp3) is 0.702. The number of rotatable bonds is 35. The van der Waals surface area contributed by atoms with E-state index in [-0.39, 0.29) is 37.5 Å². The molecule has 3 aromatic rings. The fourth-order valence-electron chi connectivity index (χ4n) is 7.20. The van der Waals surface area contributed by atoms with E-state index >= 15 is 0 Å². The van der Waals surface area contributed by atoms with Crippen molar-refractivity contribution in [3.63, 3.8) is 0 Å². The molecule has 0 unspecified atom stereocenters. The van der Waals surface area contributed by atoms with Crippen molar-refractivity contribution in [3.8, 4) is 11.4 Å². The van der Waals surface area contributed by atoms with E-state index in [1.807, 2.05) is 13.0 Å². The third kappa shape index (κ3) is 22.7. The maximum absolute atomic E-state index is 12.9. The van der Waals surface area contributed by atoms with Crippen LogP contribution in [-0.2, 0) is 28.7 Å². The van der Waals surface area contributed by atoms with Crippen molar-refractivity contribution in [2.24, 2.45) is 0 Å². The van der Waals surface area contributed by atoms with Crippen LogP contribution >= 0.6 is 0 Å². The van der Waals surface area contributed by atoms with Crippen LogP contribution in [0.4, 0.5) is 11.4 Å². The fourth-order valence-corrected chi connectivity index (χ4v) is 7.20. The Kier molecular flexibility index (Phi) is 25.6. The topological polar surface area (TPSA) is 157 Å². The van der Waals surface area contributed by atoms with Gasteiger partial charge < -0.3 is 20.1 Å². The van der Waals surface area contributed by atoms with Gasteiger partial charge >= 0.3 is 11.9 Å². The molecule has 0 atom stereocenters. The number of esters is 2.